The van der Waals surface area contributed by atoms with Gasteiger partial charge in [-0.25, -0.2) is 0 Å². The zero-order chi connectivity index (χ0) is 24.5. The van der Waals surface area contributed by atoms with Crippen molar-refractivity contribution in [1.29, 1.82) is 0 Å². The molecule has 0 N–H and O–H groups in total. The molecule has 4 aromatic rings. The van der Waals surface area contributed by atoms with E-state index in [4.69, 9.17) is 9.97 Å². The second-order valence-electron chi connectivity index (χ2n) is 11.3. The Kier molecular flexibility index (Phi) is 6.45. The first kappa shape index (κ1) is 23.9. The summed E-state index contributed by atoms with van der Waals surface area (Å²) in [5.74, 6) is 0. The summed E-state index contributed by atoms with van der Waals surface area (Å²) in [4.78, 5) is 9.63. The van der Waals surface area contributed by atoms with E-state index < -0.39 is 0 Å². The molecular formula is C32H36N2. The van der Waals surface area contributed by atoms with Crippen LogP contribution < -0.4 is 0 Å². The molecular weight excluding hydrogens is 412 g/mol. The molecule has 0 radical (unpaired) electrons. The molecule has 0 bridgehead atoms. The zero-order valence-electron chi connectivity index (χ0n) is 21.6. The molecule has 34 heavy (non-hydrogen) atoms. The summed E-state index contributed by atoms with van der Waals surface area (Å²) in [5, 5.41) is 0. The summed E-state index contributed by atoms with van der Waals surface area (Å²) in [6, 6.07) is 24.0. The van der Waals surface area contributed by atoms with Crippen molar-refractivity contribution in [3.8, 4) is 22.5 Å². The van der Waals surface area contributed by atoms with Crippen LogP contribution in [0.4, 0.5) is 0 Å². The average Bonchev–Trinajstić information content (AvgIpc) is 2.79. The number of hydrogen-bond acceptors (Lipinski definition) is 2. The van der Waals surface area contributed by atoms with Crippen molar-refractivity contribution in [1.82, 2.24) is 9.97 Å². The van der Waals surface area contributed by atoms with Gasteiger partial charge in [-0.15, -0.1) is 0 Å². The van der Waals surface area contributed by atoms with Gasteiger partial charge < -0.3 is 0 Å². The van der Waals surface area contributed by atoms with Crippen molar-refractivity contribution in [3.63, 3.8) is 0 Å². The van der Waals surface area contributed by atoms with E-state index in [0.29, 0.717) is 0 Å². The minimum absolute atomic E-state index is 0.0846. The number of pyridine rings is 2. The highest BCUT2D eigenvalue weighted by molar-refractivity contribution is 5.71. The molecule has 0 aliphatic heterocycles. The lowest BCUT2D eigenvalue weighted by atomic mass is 9.86. The van der Waals surface area contributed by atoms with Crippen LogP contribution in [0.3, 0.4) is 0 Å². The molecule has 0 fully saturated rings. The van der Waals surface area contributed by atoms with Gasteiger partial charge in [-0.1, -0.05) is 90.1 Å². The summed E-state index contributed by atoms with van der Waals surface area (Å²) in [5.41, 5.74) is 11.0. The lowest BCUT2D eigenvalue weighted by Crippen LogP contribution is -2.11. The van der Waals surface area contributed by atoms with E-state index in [9.17, 15) is 0 Å². The van der Waals surface area contributed by atoms with E-state index in [1.54, 1.807) is 0 Å². The molecule has 0 saturated carbocycles. The van der Waals surface area contributed by atoms with Crippen molar-refractivity contribution in [2.75, 3.05) is 0 Å². The molecule has 0 unspecified atom stereocenters. The summed E-state index contributed by atoms with van der Waals surface area (Å²) >= 11 is 0. The Morgan fingerprint density at radius 1 is 0.647 bits per heavy atom. The third kappa shape index (κ3) is 5.12. The fourth-order valence-electron chi connectivity index (χ4n) is 4.40. The summed E-state index contributed by atoms with van der Waals surface area (Å²) in [7, 11) is 0. The number of benzene rings is 2. The van der Waals surface area contributed by atoms with Gasteiger partial charge in [0.05, 0.1) is 11.4 Å². The molecule has 0 aliphatic carbocycles. The fraction of sp³-hybridized carbons (Fsp3) is 0.312. The second kappa shape index (κ2) is 9.18. The minimum Gasteiger partial charge on any atom is -0.256 e. The number of aromatic nitrogens is 2. The molecule has 0 amide bonds. The van der Waals surface area contributed by atoms with E-state index >= 15 is 0 Å². The van der Waals surface area contributed by atoms with Crippen LogP contribution in [-0.2, 0) is 17.3 Å². The third-order valence-electron chi connectivity index (χ3n) is 6.54. The summed E-state index contributed by atoms with van der Waals surface area (Å²) in [6.45, 7) is 15.6. The van der Waals surface area contributed by atoms with E-state index in [0.717, 1.165) is 17.8 Å². The molecule has 2 heteroatoms. The van der Waals surface area contributed by atoms with Gasteiger partial charge in [0.2, 0.25) is 0 Å². The molecule has 0 saturated heterocycles. The van der Waals surface area contributed by atoms with E-state index in [-0.39, 0.29) is 10.8 Å². The van der Waals surface area contributed by atoms with Gasteiger partial charge in [0.25, 0.3) is 0 Å². The maximum absolute atomic E-state index is 4.89. The van der Waals surface area contributed by atoms with Crippen LogP contribution >= 0.6 is 0 Å². The predicted molar refractivity (Wildman–Crippen MR) is 144 cm³/mol. The molecule has 0 aliphatic rings. The van der Waals surface area contributed by atoms with Crippen LogP contribution in [-0.4, -0.2) is 9.97 Å². The molecule has 2 aromatic carbocycles. The van der Waals surface area contributed by atoms with Gasteiger partial charge in [0.1, 0.15) is 0 Å². The SMILES string of the molecule is Cc1cccc(Cc2ccccc2-c2cc(C(C)(C)C)ccn2)c1-c1ccc(C(C)(C)C)cn1. The maximum atomic E-state index is 4.89. The van der Waals surface area contributed by atoms with Crippen LogP contribution in [0.5, 0.6) is 0 Å². The number of nitrogens with zero attached hydrogens (tertiary/aromatic N) is 2. The van der Waals surface area contributed by atoms with E-state index in [1.807, 2.05) is 12.4 Å². The van der Waals surface area contributed by atoms with Crippen molar-refractivity contribution in [3.05, 3.63) is 107 Å². The lowest BCUT2D eigenvalue weighted by Gasteiger charge is -2.20. The zero-order valence-corrected chi connectivity index (χ0v) is 21.6. The Hall–Kier alpha value is -3.26. The first-order valence-electron chi connectivity index (χ1n) is 12.1. The predicted octanol–water partition coefficient (Wildman–Crippen LogP) is 8.30. The van der Waals surface area contributed by atoms with Crippen LogP contribution in [0.25, 0.3) is 22.5 Å². The van der Waals surface area contributed by atoms with Gasteiger partial charge >= 0.3 is 0 Å². The van der Waals surface area contributed by atoms with Crippen LogP contribution in [0.1, 0.15) is 69.4 Å². The first-order chi connectivity index (χ1) is 16.0. The summed E-state index contributed by atoms with van der Waals surface area (Å²) in [6.07, 6.45) is 4.80. The smallest absolute Gasteiger partial charge is 0.0707 e. The van der Waals surface area contributed by atoms with Gasteiger partial charge in [-0.05, 0) is 70.2 Å². The van der Waals surface area contributed by atoms with Crippen molar-refractivity contribution < 1.29 is 0 Å². The Balaban J connectivity index is 1.76. The van der Waals surface area contributed by atoms with Crippen molar-refractivity contribution >= 4 is 0 Å². The van der Waals surface area contributed by atoms with Gasteiger partial charge in [-0.2, -0.15) is 0 Å². The standard InChI is InChI=1S/C32H36N2/c1-22-11-10-13-24(30(22)28-16-15-26(21-34-28)32(5,6)7)19-23-12-8-9-14-27(23)29-20-25(17-18-33-29)31(2,3)4/h8-18,20-21H,19H2,1-7H3. The van der Waals surface area contributed by atoms with Crippen LogP contribution in [0.2, 0.25) is 0 Å². The molecule has 0 spiro atoms. The van der Waals surface area contributed by atoms with Crippen molar-refractivity contribution in [2.45, 2.75) is 65.7 Å². The molecule has 2 aromatic heterocycles. The van der Waals surface area contributed by atoms with Gasteiger partial charge in [0.15, 0.2) is 0 Å². The Labute approximate surface area is 205 Å². The second-order valence-corrected chi connectivity index (χ2v) is 11.3. The molecule has 4 rings (SSSR count). The van der Waals surface area contributed by atoms with Crippen LogP contribution in [0.15, 0.2) is 79.1 Å². The van der Waals surface area contributed by atoms with E-state index in [1.165, 1.54) is 38.9 Å². The van der Waals surface area contributed by atoms with Gasteiger partial charge in [-0.3, -0.25) is 9.97 Å². The molecule has 2 nitrogen and oxygen atoms in total. The molecule has 0 atom stereocenters. The highest BCUT2D eigenvalue weighted by Crippen LogP contribution is 2.33. The van der Waals surface area contributed by atoms with Crippen LogP contribution in [0, 0.1) is 6.92 Å². The fourth-order valence-corrected chi connectivity index (χ4v) is 4.40. The third-order valence-corrected chi connectivity index (χ3v) is 6.54. The Morgan fingerprint density at radius 3 is 2.03 bits per heavy atom. The van der Waals surface area contributed by atoms with Gasteiger partial charge in [0, 0.05) is 23.5 Å². The number of aryl methyl sites for hydroxylation is 1. The highest BCUT2D eigenvalue weighted by Gasteiger charge is 2.18. The maximum Gasteiger partial charge on any atom is 0.0707 e. The van der Waals surface area contributed by atoms with Crippen molar-refractivity contribution in [2.24, 2.45) is 0 Å². The lowest BCUT2D eigenvalue weighted by molar-refractivity contribution is 0.587. The normalized spacial score (nSPS) is 12.1. The topological polar surface area (TPSA) is 25.8 Å². The molecule has 2 heterocycles. The quantitative estimate of drug-likeness (QED) is 0.314. The monoisotopic (exact) mass is 448 g/mol. The Morgan fingerprint density at radius 2 is 1.35 bits per heavy atom. The number of hydrogen-bond donors (Lipinski definition) is 0. The number of rotatable bonds is 4. The molecule has 174 valence electrons. The largest absolute Gasteiger partial charge is 0.256 e. The average molecular weight is 449 g/mol. The first-order valence-corrected chi connectivity index (χ1v) is 12.1. The highest BCUT2D eigenvalue weighted by atomic mass is 14.7. The minimum atomic E-state index is 0.0846. The summed E-state index contributed by atoms with van der Waals surface area (Å²) < 4.78 is 0. The van der Waals surface area contributed by atoms with E-state index in [2.05, 4.69) is 115 Å². The Bertz CT molecular complexity index is 1290.